The summed E-state index contributed by atoms with van der Waals surface area (Å²) in [5, 5.41) is 0. The van der Waals surface area contributed by atoms with Gasteiger partial charge in [0.25, 0.3) is 0 Å². The van der Waals surface area contributed by atoms with Crippen molar-refractivity contribution in [3.8, 4) is 0 Å². The van der Waals surface area contributed by atoms with Gasteiger partial charge in [-0.3, -0.25) is 38.4 Å². The third-order valence-corrected chi connectivity index (χ3v) is 8.32. The molecule has 20 heteroatoms. The van der Waals surface area contributed by atoms with Crippen LogP contribution in [0.25, 0.3) is 0 Å². The molecule has 0 aromatic rings. The molecule has 67 heavy (non-hydrogen) atoms. The fourth-order valence-corrected chi connectivity index (χ4v) is 5.32. The summed E-state index contributed by atoms with van der Waals surface area (Å²) in [4.78, 5) is 120. The fourth-order valence-electron chi connectivity index (χ4n) is 5.32. The first-order chi connectivity index (χ1) is 31.6. The van der Waals surface area contributed by atoms with Crippen LogP contribution in [0.15, 0.2) is 25.3 Å². The molecule has 20 nitrogen and oxygen atoms in total. The van der Waals surface area contributed by atoms with Crippen molar-refractivity contribution in [3.05, 3.63) is 25.3 Å². The largest absolute Gasteiger partial charge is 0.462 e. The van der Waals surface area contributed by atoms with E-state index in [1.807, 2.05) is 55.4 Å². The van der Waals surface area contributed by atoms with Crippen molar-refractivity contribution in [1.29, 1.82) is 0 Å². The fraction of sp³-hybridized carbons (Fsp3) is 0.702. The highest BCUT2D eigenvalue weighted by molar-refractivity contribution is 5.82. The minimum Gasteiger partial charge on any atom is -0.462 e. The lowest BCUT2D eigenvalue weighted by molar-refractivity contribution is -0.157. The van der Waals surface area contributed by atoms with Crippen molar-refractivity contribution >= 4 is 59.7 Å². The highest BCUT2D eigenvalue weighted by atomic mass is 16.6. The lowest BCUT2D eigenvalue weighted by atomic mass is 9.81. The molecule has 0 aliphatic rings. The maximum atomic E-state index is 13.0. The summed E-state index contributed by atoms with van der Waals surface area (Å²) in [7, 11) is 0. The Morgan fingerprint density at radius 2 is 0.522 bits per heavy atom. The van der Waals surface area contributed by atoms with Crippen LogP contribution in [0.2, 0.25) is 0 Å². The lowest BCUT2D eigenvalue weighted by Crippen LogP contribution is -2.28. The topological polar surface area (TPSA) is 263 Å². The number of esters is 10. The van der Waals surface area contributed by atoms with Gasteiger partial charge in [-0.25, -0.2) is 9.59 Å². The Hall–Kier alpha value is -5.82. The second kappa shape index (κ2) is 39.4. The standard InChI is InChI=1S/C39H64O16.C8H10O4/c1-26(2)19-33(41)49-12-11-48-32(40)10-9-30(23-37(45)53-16-13-50-34(42)20-27(3)4)31(24-38(46)54-17-14-51-35(43)21-28(5)6)25-39(47)55-18-15-52-36(44)22-29(7)8;1-3-7(9)11-5-6-12-8(10)4-2/h26-31H,9-25H2,1-8H3;3-4H,1-2,5-6H2. The van der Waals surface area contributed by atoms with Crippen molar-refractivity contribution < 1.29 is 95.3 Å². The lowest BCUT2D eigenvalue weighted by Gasteiger charge is -2.25. The summed E-state index contributed by atoms with van der Waals surface area (Å²) in [6.45, 7) is 19.7. The number of hydrogen-bond donors (Lipinski definition) is 0. The van der Waals surface area contributed by atoms with Crippen molar-refractivity contribution in [2.45, 2.75) is 113 Å². The first-order valence-corrected chi connectivity index (χ1v) is 22.4. The summed E-state index contributed by atoms with van der Waals surface area (Å²) < 4.78 is 50.3. The number of rotatable bonds is 35. The molecule has 1 atom stereocenters. The molecule has 382 valence electrons. The zero-order valence-corrected chi connectivity index (χ0v) is 40.6. The van der Waals surface area contributed by atoms with Crippen LogP contribution in [0.3, 0.4) is 0 Å². The van der Waals surface area contributed by atoms with Gasteiger partial charge in [0.05, 0.1) is 0 Å². The summed E-state index contributed by atoms with van der Waals surface area (Å²) >= 11 is 0. The van der Waals surface area contributed by atoms with Gasteiger partial charge in [0, 0.05) is 63.5 Å². The number of ether oxygens (including phenoxy) is 10. The van der Waals surface area contributed by atoms with Gasteiger partial charge in [-0.05, 0) is 41.9 Å². The minimum atomic E-state index is -0.909. The summed E-state index contributed by atoms with van der Waals surface area (Å²) in [6.07, 6.45) is 1.49. The molecule has 0 bridgehead atoms. The van der Waals surface area contributed by atoms with E-state index in [0.29, 0.717) is 0 Å². The molecule has 0 fully saturated rings. The maximum absolute atomic E-state index is 13.0. The van der Waals surface area contributed by atoms with Crippen LogP contribution in [0.1, 0.15) is 113 Å². The van der Waals surface area contributed by atoms with Gasteiger partial charge in [0.2, 0.25) is 0 Å². The Kier molecular flexibility index (Phi) is 37.2. The molecule has 0 aliphatic carbocycles. The molecule has 0 aromatic heterocycles. The van der Waals surface area contributed by atoms with Crippen LogP contribution in [0.4, 0.5) is 0 Å². The summed E-state index contributed by atoms with van der Waals surface area (Å²) in [6, 6.07) is 0. The highest BCUT2D eigenvalue weighted by Crippen LogP contribution is 2.29. The quantitative estimate of drug-likeness (QED) is 0.0344. The van der Waals surface area contributed by atoms with Gasteiger partial charge >= 0.3 is 59.7 Å². The van der Waals surface area contributed by atoms with E-state index in [1.54, 1.807) is 0 Å². The molecule has 0 spiro atoms. The Morgan fingerprint density at radius 3 is 0.761 bits per heavy atom. The van der Waals surface area contributed by atoms with E-state index in [1.165, 1.54) is 0 Å². The average molecular weight is 959 g/mol. The van der Waals surface area contributed by atoms with E-state index < -0.39 is 71.5 Å². The molecule has 0 N–H and O–H groups in total. The smallest absolute Gasteiger partial charge is 0.330 e. The number of carbonyl (C=O) groups excluding carboxylic acids is 10. The zero-order valence-electron chi connectivity index (χ0n) is 40.6. The van der Waals surface area contributed by atoms with Gasteiger partial charge in [0.1, 0.15) is 66.1 Å². The van der Waals surface area contributed by atoms with Gasteiger partial charge in [-0.15, -0.1) is 0 Å². The zero-order chi connectivity index (χ0) is 51.2. The Morgan fingerprint density at radius 1 is 0.313 bits per heavy atom. The third kappa shape index (κ3) is 41.4. The van der Waals surface area contributed by atoms with E-state index in [2.05, 4.69) is 22.6 Å². The van der Waals surface area contributed by atoms with E-state index in [4.69, 9.17) is 37.9 Å². The predicted molar refractivity (Wildman–Crippen MR) is 238 cm³/mol. The molecular formula is C47H74O20. The predicted octanol–water partition coefficient (Wildman–Crippen LogP) is 5.14. The van der Waals surface area contributed by atoms with Crippen molar-refractivity contribution in [2.75, 3.05) is 66.1 Å². The van der Waals surface area contributed by atoms with E-state index in [9.17, 15) is 47.9 Å². The van der Waals surface area contributed by atoms with Crippen LogP contribution in [-0.4, -0.2) is 126 Å². The molecule has 0 radical (unpaired) electrons. The second-order valence-corrected chi connectivity index (χ2v) is 16.6. The Bertz CT molecular complexity index is 1480. The molecule has 0 heterocycles. The third-order valence-electron chi connectivity index (χ3n) is 8.32. The van der Waals surface area contributed by atoms with Crippen molar-refractivity contribution in [3.63, 3.8) is 0 Å². The van der Waals surface area contributed by atoms with E-state index in [0.717, 1.165) is 12.2 Å². The molecular weight excluding hydrogens is 884 g/mol. The van der Waals surface area contributed by atoms with Crippen molar-refractivity contribution in [2.24, 2.45) is 35.5 Å². The van der Waals surface area contributed by atoms with E-state index in [-0.39, 0.29) is 148 Å². The maximum Gasteiger partial charge on any atom is 0.330 e. The number of hydrogen-bond acceptors (Lipinski definition) is 20. The molecule has 0 rings (SSSR count). The van der Waals surface area contributed by atoms with Gasteiger partial charge in [-0.2, -0.15) is 0 Å². The van der Waals surface area contributed by atoms with Gasteiger partial charge < -0.3 is 47.4 Å². The molecule has 0 aromatic carbocycles. The second-order valence-electron chi connectivity index (χ2n) is 16.6. The van der Waals surface area contributed by atoms with Crippen LogP contribution < -0.4 is 0 Å². The van der Waals surface area contributed by atoms with Crippen LogP contribution in [0.5, 0.6) is 0 Å². The first kappa shape index (κ1) is 63.3. The summed E-state index contributed by atoms with van der Waals surface area (Å²) in [5.74, 6) is -7.18. The SMILES string of the molecule is C=CC(=O)OCCOC(=O)C=C.CC(C)CC(=O)OCCOC(=O)CCC(CC(=O)OCCOC(=O)CC(C)C)C(CC(=O)OCCOC(=O)CC(C)C)CC(=O)OCCOC(=O)CC(C)C. The minimum absolute atomic E-state index is 0.0322. The molecule has 0 saturated heterocycles. The van der Waals surface area contributed by atoms with Crippen LogP contribution in [0, 0.1) is 35.5 Å². The average Bonchev–Trinajstić information content (AvgIpc) is 3.23. The van der Waals surface area contributed by atoms with Crippen LogP contribution >= 0.6 is 0 Å². The molecule has 0 saturated carbocycles. The highest BCUT2D eigenvalue weighted by Gasteiger charge is 2.31. The summed E-state index contributed by atoms with van der Waals surface area (Å²) in [5.41, 5.74) is 0. The number of carbonyl (C=O) groups is 10. The monoisotopic (exact) mass is 958 g/mol. The van der Waals surface area contributed by atoms with E-state index >= 15 is 0 Å². The van der Waals surface area contributed by atoms with Crippen molar-refractivity contribution in [1.82, 2.24) is 0 Å². The van der Waals surface area contributed by atoms with Crippen LogP contribution in [-0.2, 0) is 95.3 Å². The molecule has 1 unspecified atom stereocenters. The van der Waals surface area contributed by atoms with Gasteiger partial charge in [0.15, 0.2) is 0 Å². The molecule has 0 amide bonds. The Balaban J connectivity index is 0. The first-order valence-electron chi connectivity index (χ1n) is 22.4. The molecule has 0 aliphatic heterocycles. The Labute approximate surface area is 394 Å². The normalized spacial score (nSPS) is 11.1. The van der Waals surface area contributed by atoms with Gasteiger partial charge in [-0.1, -0.05) is 68.5 Å².